The van der Waals surface area contributed by atoms with Gasteiger partial charge in [0.2, 0.25) is 6.10 Å². The van der Waals surface area contributed by atoms with Gasteiger partial charge in [-0.3, -0.25) is 4.79 Å². The second kappa shape index (κ2) is 13.3. The molecule has 4 heteroatoms. The second-order valence-corrected chi connectivity index (χ2v) is 8.01. The van der Waals surface area contributed by atoms with Crippen LogP contribution in [0.25, 0.3) is 0 Å². The lowest BCUT2D eigenvalue weighted by Gasteiger charge is -2.30. The summed E-state index contributed by atoms with van der Waals surface area (Å²) in [5.74, 6) is -0.209. The zero-order valence-electron chi connectivity index (χ0n) is 16.9. The van der Waals surface area contributed by atoms with Crippen molar-refractivity contribution in [3.8, 4) is 0 Å². The van der Waals surface area contributed by atoms with Gasteiger partial charge in [-0.2, -0.15) is 0 Å². The Morgan fingerprint density at radius 3 is 1.72 bits per heavy atom. The van der Waals surface area contributed by atoms with Crippen molar-refractivity contribution >= 4 is 5.91 Å². The molecule has 0 bridgehead atoms. The second-order valence-electron chi connectivity index (χ2n) is 8.01. The van der Waals surface area contributed by atoms with Gasteiger partial charge in [0.1, 0.15) is 0 Å². The predicted molar refractivity (Wildman–Crippen MR) is 103 cm³/mol. The van der Waals surface area contributed by atoms with E-state index in [0.29, 0.717) is 0 Å². The van der Waals surface area contributed by atoms with Crippen molar-refractivity contribution in [2.24, 2.45) is 15.8 Å². The van der Waals surface area contributed by atoms with Crippen LogP contribution in [-0.4, -0.2) is 12.0 Å². The van der Waals surface area contributed by atoms with E-state index in [9.17, 15) is 4.79 Å². The van der Waals surface area contributed by atoms with Crippen molar-refractivity contribution < 1.29 is 9.63 Å². The van der Waals surface area contributed by atoms with Crippen LogP contribution in [0.2, 0.25) is 0 Å². The van der Waals surface area contributed by atoms with E-state index in [1.807, 2.05) is 0 Å². The number of carbonyl (C=O) groups is 1. The average molecular weight is 353 g/mol. The fraction of sp³-hybridized carbons (Fsp3) is 0.952. The normalized spacial score (nSPS) is 19.2. The van der Waals surface area contributed by atoms with Gasteiger partial charge in [0.05, 0.1) is 0 Å². The largest absolute Gasteiger partial charge is 0.365 e. The molecule has 4 nitrogen and oxygen atoms in total. The van der Waals surface area contributed by atoms with E-state index in [-0.39, 0.29) is 11.3 Å². The minimum Gasteiger partial charge on any atom is -0.365 e. The number of rotatable bonds is 16. The van der Waals surface area contributed by atoms with Gasteiger partial charge in [0.25, 0.3) is 0 Å². The maximum absolute atomic E-state index is 11.7. The molecule has 0 radical (unpaired) electrons. The third-order valence-corrected chi connectivity index (χ3v) is 5.81. The van der Waals surface area contributed by atoms with Gasteiger partial charge >= 0.3 is 5.91 Å². The third kappa shape index (κ3) is 8.82. The van der Waals surface area contributed by atoms with E-state index in [2.05, 4.69) is 31.2 Å². The van der Waals surface area contributed by atoms with Crippen LogP contribution >= 0.6 is 0 Å². The molecule has 0 aromatic rings. The third-order valence-electron chi connectivity index (χ3n) is 5.81. The van der Waals surface area contributed by atoms with Crippen molar-refractivity contribution in [2.45, 2.75) is 123 Å². The molecular weight excluding hydrogens is 312 g/mol. The lowest BCUT2D eigenvalue weighted by molar-refractivity contribution is -0.131. The smallest absolute Gasteiger partial charge is 0.311 e. The summed E-state index contributed by atoms with van der Waals surface area (Å²) < 4.78 is 0. The molecule has 1 aliphatic heterocycles. The molecule has 0 aliphatic carbocycles. The van der Waals surface area contributed by atoms with Gasteiger partial charge in [0.15, 0.2) is 0 Å². The Balaban J connectivity index is 1.95. The molecule has 0 saturated carbocycles. The predicted octanol–water partition coefficient (Wildman–Crippen LogP) is 7.18. The topological polar surface area (TPSA) is 51.0 Å². The maximum Gasteiger partial charge on any atom is 0.311 e. The van der Waals surface area contributed by atoms with E-state index in [1.165, 1.54) is 77.0 Å². The molecule has 0 aromatic carbocycles. The van der Waals surface area contributed by atoms with Gasteiger partial charge in [-0.1, -0.05) is 109 Å². The Morgan fingerprint density at radius 1 is 0.840 bits per heavy atom. The summed E-state index contributed by atoms with van der Waals surface area (Å²) in [4.78, 5) is 16.9. The first kappa shape index (κ1) is 22.1. The minimum absolute atomic E-state index is 0.127. The highest BCUT2D eigenvalue weighted by molar-refractivity contribution is 5.82. The van der Waals surface area contributed by atoms with Crippen LogP contribution in [-0.2, 0) is 9.63 Å². The van der Waals surface area contributed by atoms with Crippen molar-refractivity contribution in [1.29, 1.82) is 0 Å². The molecule has 0 N–H and O–H groups in total. The molecule has 0 fully saturated rings. The van der Waals surface area contributed by atoms with Gasteiger partial charge in [-0.05, 0) is 12.8 Å². The molecule has 0 spiro atoms. The van der Waals surface area contributed by atoms with E-state index in [4.69, 9.17) is 4.84 Å². The number of amides is 1. The van der Waals surface area contributed by atoms with Crippen molar-refractivity contribution in [3.63, 3.8) is 0 Å². The van der Waals surface area contributed by atoms with Crippen molar-refractivity contribution in [2.75, 3.05) is 0 Å². The summed E-state index contributed by atoms with van der Waals surface area (Å²) in [6, 6.07) is 0. The Hall–Kier alpha value is -0.930. The monoisotopic (exact) mass is 352 g/mol. The van der Waals surface area contributed by atoms with Crippen LogP contribution in [0.4, 0.5) is 0 Å². The summed E-state index contributed by atoms with van der Waals surface area (Å²) in [5.41, 5.74) is -0.127. The Labute approximate surface area is 155 Å². The van der Waals surface area contributed by atoms with E-state index in [0.717, 1.165) is 19.3 Å². The van der Waals surface area contributed by atoms with Crippen LogP contribution < -0.4 is 0 Å². The summed E-state index contributed by atoms with van der Waals surface area (Å²) in [5, 5.41) is 6.96. The first-order valence-corrected chi connectivity index (χ1v) is 10.7. The molecule has 2 unspecified atom stereocenters. The fourth-order valence-electron chi connectivity index (χ4n) is 3.67. The highest BCUT2D eigenvalue weighted by atomic mass is 16.7. The quantitative estimate of drug-likeness (QED) is 0.276. The van der Waals surface area contributed by atoms with E-state index in [1.54, 1.807) is 0 Å². The minimum atomic E-state index is -0.463. The van der Waals surface area contributed by atoms with Crippen molar-refractivity contribution in [3.05, 3.63) is 0 Å². The van der Waals surface area contributed by atoms with E-state index >= 15 is 0 Å². The van der Waals surface area contributed by atoms with Crippen LogP contribution in [0.1, 0.15) is 117 Å². The molecule has 0 aromatic heterocycles. The van der Waals surface area contributed by atoms with Gasteiger partial charge in [0, 0.05) is 10.7 Å². The number of unbranched alkanes of at least 4 members (excludes halogenated alkanes) is 12. The van der Waals surface area contributed by atoms with Gasteiger partial charge in [-0.25, -0.2) is 0 Å². The Bertz CT molecular complexity index is 384. The lowest BCUT2D eigenvalue weighted by Crippen LogP contribution is -2.36. The van der Waals surface area contributed by atoms with E-state index < -0.39 is 6.10 Å². The molecular formula is C21H40N2O2. The van der Waals surface area contributed by atoms with Gasteiger partial charge in [-0.15, -0.1) is 0 Å². The number of carbonyl (C=O) groups excluding carboxylic acids is 1. The lowest BCUT2D eigenvalue weighted by atomic mass is 9.76. The van der Waals surface area contributed by atoms with Gasteiger partial charge < -0.3 is 4.84 Å². The van der Waals surface area contributed by atoms with Crippen LogP contribution in [0.5, 0.6) is 0 Å². The highest BCUT2D eigenvalue weighted by Crippen LogP contribution is 2.37. The summed E-state index contributed by atoms with van der Waals surface area (Å²) in [6.07, 6.45) is 19.2. The summed E-state index contributed by atoms with van der Waals surface area (Å²) in [6.45, 7) is 6.53. The zero-order chi connectivity index (χ0) is 18.4. The number of nitrogens with zero attached hydrogens (tertiary/aromatic N) is 2. The molecule has 1 rings (SSSR count). The molecule has 0 saturated heterocycles. The summed E-state index contributed by atoms with van der Waals surface area (Å²) >= 11 is 0. The average Bonchev–Trinajstić information content (AvgIpc) is 3.05. The van der Waals surface area contributed by atoms with Crippen LogP contribution in [0.3, 0.4) is 0 Å². The highest BCUT2D eigenvalue weighted by Gasteiger charge is 2.42. The molecule has 2 atom stereocenters. The molecule has 1 aliphatic rings. The Kier molecular flexibility index (Phi) is 11.8. The zero-order valence-corrected chi connectivity index (χ0v) is 16.9. The number of hydrogen-bond acceptors (Lipinski definition) is 3. The number of hydrogen-bond donors (Lipinski definition) is 0. The summed E-state index contributed by atoms with van der Waals surface area (Å²) in [7, 11) is 0. The Morgan fingerprint density at radius 2 is 1.32 bits per heavy atom. The molecule has 25 heavy (non-hydrogen) atoms. The first-order valence-electron chi connectivity index (χ1n) is 10.7. The first-order chi connectivity index (χ1) is 12.1. The van der Waals surface area contributed by atoms with Crippen LogP contribution in [0.15, 0.2) is 10.4 Å². The van der Waals surface area contributed by atoms with Crippen molar-refractivity contribution in [1.82, 2.24) is 0 Å². The molecule has 1 amide bonds. The molecule has 1 heterocycles. The maximum atomic E-state index is 11.7. The SMILES string of the molecule is CCCCCCCCCCCCCCCC(C)(CC)C1ON=NC1=O. The fourth-order valence-corrected chi connectivity index (χ4v) is 3.67. The standard InChI is InChI=1S/C21H40N2O2/c1-4-6-7-8-9-10-11-12-13-14-15-16-17-18-21(3,5-2)19-20(24)22-23-25-19/h19H,4-18H2,1-3H3. The molecule has 146 valence electrons. The van der Waals surface area contributed by atoms with Crippen LogP contribution in [0, 0.1) is 5.41 Å².